The van der Waals surface area contributed by atoms with Gasteiger partial charge in [-0.15, -0.1) is 0 Å². The molecule has 0 bridgehead atoms. The summed E-state index contributed by atoms with van der Waals surface area (Å²) in [5, 5.41) is 8.60. The molecule has 2 aromatic rings. The second kappa shape index (κ2) is 10.00. The fourth-order valence-electron chi connectivity index (χ4n) is 3.39. The van der Waals surface area contributed by atoms with Gasteiger partial charge in [0.2, 0.25) is 0 Å². The summed E-state index contributed by atoms with van der Waals surface area (Å²) in [6.45, 7) is 4.23. The summed E-state index contributed by atoms with van der Waals surface area (Å²) in [6.07, 6.45) is 2.41. The Morgan fingerprint density at radius 2 is 1.87 bits per heavy atom. The summed E-state index contributed by atoms with van der Waals surface area (Å²) >= 11 is 0. The Bertz CT molecular complexity index is 1000. The molecule has 0 saturated carbocycles. The summed E-state index contributed by atoms with van der Waals surface area (Å²) in [7, 11) is -3.97. The minimum absolute atomic E-state index is 0.0237. The van der Waals surface area contributed by atoms with Crippen LogP contribution in [-0.4, -0.2) is 39.2 Å². The monoisotopic (exact) mass is 450 g/mol. The zero-order valence-electron chi connectivity index (χ0n) is 17.4. The van der Waals surface area contributed by atoms with Crippen molar-refractivity contribution in [2.24, 2.45) is 5.92 Å². The van der Waals surface area contributed by atoms with Gasteiger partial charge in [-0.25, -0.2) is 12.8 Å². The Hall–Kier alpha value is -2.81. The molecule has 0 atom stereocenters. The van der Waals surface area contributed by atoms with E-state index in [-0.39, 0.29) is 30.1 Å². The van der Waals surface area contributed by atoms with Crippen molar-refractivity contribution in [3.8, 4) is 5.75 Å². The van der Waals surface area contributed by atoms with Gasteiger partial charge in [0.1, 0.15) is 0 Å². The number of piperidine rings is 1. The number of anilines is 2. The van der Waals surface area contributed by atoms with Gasteiger partial charge in [0, 0.05) is 30.9 Å². The maximum absolute atomic E-state index is 14.3. The number of halogens is 1. The van der Waals surface area contributed by atoms with E-state index >= 15 is 0 Å². The van der Waals surface area contributed by atoms with Crippen molar-refractivity contribution in [3.05, 3.63) is 48.3 Å². The molecule has 2 N–H and O–H groups in total. The number of sulfonamides is 1. The van der Waals surface area contributed by atoms with Gasteiger partial charge < -0.3 is 14.7 Å². The van der Waals surface area contributed by atoms with Gasteiger partial charge in [0.05, 0.1) is 11.5 Å². The smallest absolute Gasteiger partial charge is 0.303 e. The van der Waals surface area contributed by atoms with Crippen LogP contribution in [0.25, 0.3) is 0 Å². The van der Waals surface area contributed by atoms with Crippen molar-refractivity contribution < 1.29 is 27.4 Å². The van der Waals surface area contributed by atoms with Gasteiger partial charge in [-0.3, -0.25) is 9.52 Å². The van der Waals surface area contributed by atoms with Crippen LogP contribution in [-0.2, 0) is 14.8 Å². The van der Waals surface area contributed by atoms with Crippen LogP contribution in [0, 0.1) is 11.7 Å². The number of carbonyl (C=O) groups is 1. The van der Waals surface area contributed by atoms with Gasteiger partial charge >= 0.3 is 5.97 Å². The molecule has 2 aromatic carbocycles. The fraction of sp³-hybridized carbons (Fsp3) is 0.409. The molecular weight excluding hydrogens is 423 g/mol. The third kappa shape index (κ3) is 6.33. The number of ether oxygens (including phenoxy) is 1. The van der Waals surface area contributed by atoms with Gasteiger partial charge in [-0.1, -0.05) is 6.92 Å². The average Bonchev–Trinajstić information content (AvgIpc) is 2.73. The predicted octanol–water partition coefficient (Wildman–Crippen LogP) is 4.11. The summed E-state index contributed by atoms with van der Waals surface area (Å²) in [6, 6.07) is 10.5. The van der Waals surface area contributed by atoms with Crippen LogP contribution in [0.3, 0.4) is 0 Å². The maximum Gasteiger partial charge on any atom is 0.303 e. The lowest BCUT2D eigenvalue weighted by atomic mass is 9.99. The topological polar surface area (TPSA) is 95.9 Å². The van der Waals surface area contributed by atoms with Gasteiger partial charge in [-0.2, -0.15) is 0 Å². The highest BCUT2D eigenvalue weighted by atomic mass is 32.2. The largest absolute Gasteiger partial charge is 0.491 e. The van der Waals surface area contributed by atoms with Crippen LogP contribution < -0.4 is 14.4 Å². The standard InChI is InChI=1S/C22H27FN2O5S/c1-16-10-12-25(13-11-16)18-6-4-17(5-7-18)24-31(28,29)19-8-9-21(20(23)15-19)30-14-2-3-22(26)27/h4-9,15-16,24H,2-3,10-14H2,1H3,(H,26,27). The fourth-order valence-corrected chi connectivity index (χ4v) is 4.46. The highest BCUT2D eigenvalue weighted by molar-refractivity contribution is 7.92. The van der Waals surface area contributed by atoms with Crippen LogP contribution >= 0.6 is 0 Å². The number of benzene rings is 2. The Morgan fingerprint density at radius 1 is 1.19 bits per heavy atom. The normalized spacial score (nSPS) is 15.0. The van der Waals surface area contributed by atoms with Gasteiger partial charge in [0.25, 0.3) is 10.0 Å². The molecule has 31 heavy (non-hydrogen) atoms. The molecule has 1 aliphatic rings. The highest BCUT2D eigenvalue weighted by Crippen LogP contribution is 2.26. The number of nitrogens with one attached hydrogen (secondary N) is 1. The molecule has 1 saturated heterocycles. The molecule has 1 fully saturated rings. The van der Waals surface area contributed by atoms with Crippen LogP contribution in [0.15, 0.2) is 47.4 Å². The van der Waals surface area contributed by atoms with Crippen molar-refractivity contribution in [1.29, 1.82) is 0 Å². The van der Waals surface area contributed by atoms with Crippen LogP contribution in [0.5, 0.6) is 5.75 Å². The Morgan fingerprint density at radius 3 is 2.48 bits per heavy atom. The molecular formula is C22H27FN2O5S. The third-order valence-electron chi connectivity index (χ3n) is 5.27. The van der Waals surface area contributed by atoms with E-state index in [1.165, 1.54) is 12.1 Å². The SMILES string of the molecule is CC1CCN(c2ccc(NS(=O)(=O)c3ccc(OCCCC(=O)O)c(F)c3)cc2)CC1. The molecule has 3 rings (SSSR count). The minimum Gasteiger partial charge on any atom is -0.491 e. The zero-order valence-corrected chi connectivity index (χ0v) is 18.2. The van der Waals surface area contributed by atoms with Crippen molar-refractivity contribution in [1.82, 2.24) is 0 Å². The molecule has 1 aliphatic heterocycles. The number of carboxylic acids is 1. The molecule has 0 radical (unpaired) electrons. The first-order chi connectivity index (χ1) is 14.7. The lowest BCUT2D eigenvalue weighted by Crippen LogP contribution is -2.32. The van der Waals surface area contributed by atoms with Gasteiger partial charge in [0.15, 0.2) is 11.6 Å². The molecule has 7 nitrogen and oxygen atoms in total. The Kier molecular flexibility index (Phi) is 7.37. The first-order valence-electron chi connectivity index (χ1n) is 10.3. The first kappa shape index (κ1) is 22.9. The number of nitrogens with zero attached hydrogens (tertiary/aromatic N) is 1. The number of rotatable bonds is 9. The third-order valence-corrected chi connectivity index (χ3v) is 6.65. The lowest BCUT2D eigenvalue weighted by molar-refractivity contribution is -0.137. The zero-order chi connectivity index (χ0) is 22.4. The number of hydrogen-bond acceptors (Lipinski definition) is 5. The molecule has 1 heterocycles. The maximum atomic E-state index is 14.3. The molecule has 0 aliphatic carbocycles. The number of hydrogen-bond donors (Lipinski definition) is 2. The van der Waals surface area contributed by atoms with E-state index in [0.29, 0.717) is 5.69 Å². The summed E-state index contributed by atoms with van der Waals surface area (Å²) < 4.78 is 47.2. The molecule has 0 spiro atoms. The Balaban J connectivity index is 1.62. The van der Waals surface area contributed by atoms with E-state index in [1.807, 2.05) is 12.1 Å². The summed E-state index contributed by atoms with van der Waals surface area (Å²) in [4.78, 5) is 12.5. The van der Waals surface area contributed by atoms with Crippen molar-refractivity contribution in [2.75, 3.05) is 29.3 Å². The van der Waals surface area contributed by atoms with Crippen LogP contribution in [0.1, 0.15) is 32.6 Å². The second-order valence-corrected chi connectivity index (χ2v) is 9.44. The second-order valence-electron chi connectivity index (χ2n) is 7.76. The van der Waals surface area contributed by atoms with E-state index in [4.69, 9.17) is 9.84 Å². The summed E-state index contributed by atoms with van der Waals surface area (Å²) in [5.74, 6) is -1.18. The minimum atomic E-state index is -3.97. The van der Waals surface area contributed by atoms with E-state index in [1.54, 1.807) is 12.1 Å². The van der Waals surface area contributed by atoms with Crippen LogP contribution in [0.2, 0.25) is 0 Å². The molecule has 168 valence electrons. The predicted molar refractivity (Wildman–Crippen MR) is 117 cm³/mol. The van der Waals surface area contributed by atoms with Crippen LogP contribution in [0.4, 0.5) is 15.8 Å². The lowest BCUT2D eigenvalue weighted by Gasteiger charge is -2.32. The number of carboxylic acid groups (broad SMARTS) is 1. The first-order valence-corrected chi connectivity index (χ1v) is 11.7. The van der Waals surface area contributed by atoms with E-state index in [9.17, 15) is 17.6 Å². The molecule has 0 aromatic heterocycles. The molecule has 0 amide bonds. The van der Waals surface area contributed by atoms with Gasteiger partial charge in [-0.05, 0) is 67.6 Å². The average molecular weight is 451 g/mol. The van der Waals surface area contributed by atoms with E-state index < -0.39 is 21.8 Å². The summed E-state index contributed by atoms with van der Waals surface area (Å²) in [5.41, 5.74) is 1.44. The highest BCUT2D eigenvalue weighted by Gasteiger charge is 2.19. The number of aliphatic carboxylic acids is 1. The van der Waals surface area contributed by atoms with Crippen molar-refractivity contribution in [3.63, 3.8) is 0 Å². The molecule has 0 unspecified atom stereocenters. The Labute approximate surface area is 181 Å². The van der Waals surface area contributed by atoms with E-state index in [2.05, 4.69) is 16.5 Å². The quantitative estimate of drug-likeness (QED) is 0.559. The van der Waals surface area contributed by atoms with E-state index in [0.717, 1.165) is 43.6 Å². The molecule has 9 heteroatoms. The van der Waals surface area contributed by atoms with Crippen molar-refractivity contribution >= 4 is 27.4 Å². The van der Waals surface area contributed by atoms with Crippen molar-refractivity contribution in [2.45, 2.75) is 37.5 Å².